The second-order valence-corrected chi connectivity index (χ2v) is 5.39. The minimum atomic E-state index is -4.39. The molecule has 0 unspecified atom stereocenters. The highest BCUT2D eigenvalue weighted by atomic mass is 19.4. The Hall–Kier alpha value is -2.76. The van der Waals surface area contributed by atoms with Gasteiger partial charge in [-0.05, 0) is 42.3 Å². The Morgan fingerprint density at radius 3 is 2.62 bits per heavy atom. The first kappa shape index (κ1) is 16.1. The molecule has 0 radical (unpaired) electrons. The van der Waals surface area contributed by atoms with Crippen molar-refractivity contribution in [3.05, 3.63) is 75.6 Å². The first-order valence-electron chi connectivity index (χ1n) is 7.16. The van der Waals surface area contributed by atoms with Gasteiger partial charge in [-0.15, -0.1) is 0 Å². The van der Waals surface area contributed by atoms with E-state index in [2.05, 4.69) is 0 Å². The molecule has 0 aliphatic rings. The summed E-state index contributed by atoms with van der Waals surface area (Å²) in [5.41, 5.74) is 0.376. The van der Waals surface area contributed by atoms with Gasteiger partial charge in [0, 0.05) is 17.5 Å². The molecule has 0 amide bonds. The smallest absolute Gasteiger partial charge is 0.416 e. The zero-order valence-electron chi connectivity index (χ0n) is 12.7. The number of hydrogen-bond donors (Lipinski definition) is 0. The maximum absolute atomic E-state index is 12.7. The molecule has 0 N–H and O–H groups in total. The van der Waals surface area contributed by atoms with E-state index in [1.165, 1.54) is 12.1 Å². The van der Waals surface area contributed by atoms with E-state index in [-0.39, 0.29) is 6.61 Å². The lowest BCUT2D eigenvalue weighted by Crippen LogP contribution is -2.06. The first-order valence-corrected chi connectivity index (χ1v) is 7.16. The van der Waals surface area contributed by atoms with Crippen molar-refractivity contribution in [1.82, 2.24) is 0 Å². The molecule has 3 aromatic rings. The van der Waals surface area contributed by atoms with Crippen LogP contribution in [-0.4, -0.2) is 0 Å². The van der Waals surface area contributed by atoms with Crippen LogP contribution in [0.2, 0.25) is 0 Å². The predicted octanol–water partition coefficient (Wildman–Crippen LogP) is 4.70. The van der Waals surface area contributed by atoms with Crippen molar-refractivity contribution in [2.75, 3.05) is 0 Å². The van der Waals surface area contributed by atoms with Crippen molar-refractivity contribution >= 4 is 11.0 Å². The van der Waals surface area contributed by atoms with Crippen molar-refractivity contribution in [2.45, 2.75) is 19.7 Å². The maximum atomic E-state index is 12.7. The van der Waals surface area contributed by atoms with Crippen LogP contribution in [0.1, 0.15) is 16.7 Å². The van der Waals surface area contributed by atoms with Crippen LogP contribution in [0.15, 0.2) is 57.7 Å². The molecule has 1 heterocycles. The van der Waals surface area contributed by atoms with Gasteiger partial charge in [-0.1, -0.05) is 12.1 Å². The number of alkyl halides is 3. The van der Waals surface area contributed by atoms with Crippen molar-refractivity contribution in [1.29, 1.82) is 0 Å². The van der Waals surface area contributed by atoms with Gasteiger partial charge in [0.25, 0.3) is 0 Å². The minimum absolute atomic E-state index is 0.0223. The molecular formula is C18H13F3O3. The third-order valence-electron chi connectivity index (χ3n) is 3.58. The summed E-state index contributed by atoms with van der Waals surface area (Å²) < 4.78 is 48.7. The summed E-state index contributed by atoms with van der Waals surface area (Å²) in [5.74, 6) is 0.411. The Bertz CT molecular complexity index is 942. The fourth-order valence-corrected chi connectivity index (χ4v) is 2.40. The number of aryl methyl sites for hydroxylation is 1. The van der Waals surface area contributed by atoms with E-state index in [1.807, 2.05) is 0 Å². The number of benzene rings is 2. The van der Waals surface area contributed by atoms with Crippen LogP contribution in [0, 0.1) is 6.92 Å². The van der Waals surface area contributed by atoms with Gasteiger partial charge in [0.05, 0.1) is 5.56 Å². The highest BCUT2D eigenvalue weighted by Crippen LogP contribution is 2.30. The van der Waals surface area contributed by atoms with E-state index in [9.17, 15) is 18.0 Å². The summed E-state index contributed by atoms with van der Waals surface area (Å²) in [6.45, 7) is 1.77. The van der Waals surface area contributed by atoms with Crippen LogP contribution >= 0.6 is 0 Å². The summed E-state index contributed by atoms with van der Waals surface area (Å²) in [6, 6.07) is 11.3. The summed E-state index contributed by atoms with van der Waals surface area (Å²) >= 11 is 0. The SMILES string of the molecule is Cc1cc(=O)oc2cc(OCc3cccc(C(F)(F)F)c3)ccc12. The zero-order chi connectivity index (χ0) is 17.3. The Morgan fingerprint density at radius 1 is 1.08 bits per heavy atom. The van der Waals surface area contributed by atoms with Crippen LogP contribution < -0.4 is 10.4 Å². The third-order valence-corrected chi connectivity index (χ3v) is 3.58. The van der Waals surface area contributed by atoms with Crippen LogP contribution in [0.5, 0.6) is 5.75 Å². The molecule has 0 fully saturated rings. The topological polar surface area (TPSA) is 39.4 Å². The van der Waals surface area contributed by atoms with Gasteiger partial charge < -0.3 is 9.15 Å². The number of fused-ring (bicyclic) bond motifs is 1. The molecule has 0 aliphatic carbocycles. The number of rotatable bonds is 3. The maximum Gasteiger partial charge on any atom is 0.416 e. The van der Waals surface area contributed by atoms with Gasteiger partial charge in [0.1, 0.15) is 17.9 Å². The largest absolute Gasteiger partial charge is 0.489 e. The van der Waals surface area contributed by atoms with Crippen molar-refractivity contribution in [3.63, 3.8) is 0 Å². The van der Waals surface area contributed by atoms with Gasteiger partial charge >= 0.3 is 11.8 Å². The van der Waals surface area contributed by atoms with E-state index in [0.29, 0.717) is 16.9 Å². The summed E-state index contributed by atoms with van der Waals surface area (Å²) in [4.78, 5) is 11.4. The Kier molecular flexibility index (Phi) is 4.05. The Balaban J connectivity index is 1.82. The number of hydrogen-bond acceptors (Lipinski definition) is 3. The van der Waals surface area contributed by atoms with Crippen LogP contribution in [0.4, 0.5) is 13.2 Å². The standard InChI is InChI=1S/C18H13F3O3/c1-11-7-17(22)24-16-9-14(5-6-15(11)16)23-10-12-3-2-4-13(8-12)18(19,20)21/h2-9H,10H2,1H3. The average molecular weight is 334 g/mol. The van der Waals surface area contributed by atoms with E-state index >= 15 is 0 Å². The van der Waals surface area contributed by atoms with E-state index < -0.39 is 17.4 Å². The lowest BCUT2D eigenvalue weighted by molar-refractivity contribution is -0.137. The van der Waals surface area contributed by atoms with Crippen molar-refractivity contribution in [3.8, 4) is 5.75 Å². The normalized spacial score (nSPS) is 11.7. The third kappa shape index (κ3) is 3.42. The fraction of sp³-hybridized carbons (Fsp3) is 0.167. The molecule has 3 rings (SSSR count). The molecule has 0 saturated carbocycles. The fourth-order valence-electron chi connectivity index (χ4n) is 2.40. The molecule has 0 bridgehead atoms. The van der Waals surface area contributed by atoms with Crippen molar-refractivity contribution in [2.24, 2.45) is 0 Å². The quantitative estimate of drug-likeness (QED) is 0.652. The molecule has 1 aromatic heterocycles. The lowest BCUT2D eigenvalue weighted by Gasteiger charge is -2.10. The minimum Gasteiger partial charge on any atom is -0.489 e. The van der Waals surface area contributed by atoms with Crippen LogP contribution in [0.25, 0.3) is 11.0 Å². The van der Waals surface area contributed by atoms with Crippen LogP contribution in [0.3, 0.4) is 0 Å². The lowest BCUT2D eigenvalue weighted by atomic mass is 10.1. The molecule has 3 nitrogen and oxygen atoms in total. The predicted molar refractivity (Wildman–Crippen MR) is 83.0 cm³/mol. The average Bonchev–Trinajstić information content (AvgIpc) is 2.52. The van der Waals surface area contributed by atoms with Gasteiger partial charge in [-0.25, -0.2) is 4.79 Å². The summed E-state index contributed by atoms with van der Waals surface area (Å²) in [7, 11) is 0. The van der Waals surface area contributed by atoms with Gasteiger partial charge in [0.15, 0.2) is 0 Å². The number of ether oxygens (including phenoxy) is 1. The monoisotopic (exact) mass is 334 g/mol. The highest BCUT2D eigenvalue weighted by Gasteiger charge is 2.30. The molecule has 0 saturated heterocycles. The van der Waals surface area contributed by atoms with Crippen molar-refractivity contribution < 1.29 is 22.3 Å². The van der Waals surface area contributed by atoms with Gasteiger partial charge in [-0.2, -0.15) is 13.2 Å². The Morgan fingerprint density at radius 2 is 1.88 bits per heavy atom. The summed E-state index contributed by atoms with van der Waals surface area (Å²) in [5, 5.41) is 0.779. The molecule has 6 heteroatoms. The van der Waals surface area contributed by atoms with E-state index in [1.54, 1.807) is 31.2 Å². The molecule has 0 spiro atoms. The molecule has 0 aliphatic heterocycles. The van der Waals surface area contributed by atoms with Gasteiger partial charge in [-0.3, -0.25) is 0 Å². The van der Waals surface area contributed by atoms with Gasteiger partial charge in [0.2, 0.25) is 0 Å². The molecule has 124 valence electrons. The van der Waals surface area contributed by atoms with E-state index in [4.69, 9.17) is 9.15 Å². The second kappa shape index (κ2) is 6.03. The highest BCUT2D eigenvalue weighted by molar-refractivity contribution is 5.81. The Labute approximate surface area is 135 Å². The summed E-state index contributed by atoms with van der Waals surface area (Å²) in [6.07, 6.45) is -4.39. The number of halogens is 3. The first-order chi connectivity index (χ1) is 11.3. The van der Waals surface area contributed by atoms with E-state index in [0.717, 1.165) is 23.1 Å². The molecular weight excluding hydrogens is 321 g/mol. The second-order valence-electron chi connectivity index (χ2n) is 5.39. The molecule has 0 atom stereocenters. The van der Waals surface area contributed by atoms with Crippen LogP contribution in [-0.2, 0) is 12.8 Å². The molecule has 2 aromatic carbocycles. The zero-order valence-corrected chi connectivity index (χ0v) is 12.7. The molecule has 24 heavy (non-hydrogen) atoms.